The van der Waals surface area contributed by atoms with Crippen molar-refractivity contribution in [1.29, 1.82) is 0 Å². The number of nitrogens with one attached hydrogen (secondary N) is 2. The van der Waals surface area contributed by atoms with E-state index in [9.17, 15) is 19.2 Å². The third kappa shape index (κ3) is 9.61. The summed E-state index contributed by atoms with van der Waals surface area (Å²) in [6, 6.07) is 0. The van der Waals surface area contributed by atoms with E-state index in [-0.39, 0.29) is 40.3 Å². The zero-order valence-corrected chi connectivity index (χ0v) is 31.9. The molecule has 0 aromatic carbocycles. The predicted molar refractivity (Wildman–Crippen MR) is 197 cm³/mol. The smallest absolute Gasteiger partial charge is 0.223 e. The van der Waals surface area contributed by atoms with E-state index in [1.165, 1.54) is 24.8 Å². The van der Waals surface area contributed by atoms with Crippen LogP contribution in [0.5, 0.6) is 0 Å². The lowest BCUT2D eigenvalue weighted by atomic mass is 9.46. The van der Waals surface area contributed by atoms with Crippen molar-refractivity contribution >= 4 is 35.1 Å². The van der Waals surface area contributed by atoms with E-state index in [1.807, 2.05) is 0 Å². The van der Waals surface area contributed by atoms with Crippen molar-refractivity contribution in [2.24, 2.45) is 40.4 Å². The van der Waals surface area contributed by atoms with E-state index < -0.39 is 0 Å². The number of Topliss-reactive ketones (excluding diaryl/α,β-unsaturated/α-hetero) is 2. The second kappa shape index (κ2) is 18.8. The molecule has 0 saturated heterocycles. The summed E-state index contributed by atoms with van der Waals surface area (Å²) in [5, 5.41) is 6.01. The molecule has 4 fully saturated rings. The van der Waals surface area contributed by atoms with E-state index in [1.54, 1.807) is 18.7 Å². The minimum atomic E-state index is 0.0187. The monoisotopic (exact) mass is 716 g/mol. The van der Waals surface area contributed by atoms with Crippen LogP contribution in [0.2, 0.25) is 0 Å². The van der Waals surface area contributed by atoms with Crippen LogP contribution in [0, 0.1) is 40.4 Å². The molecule has 0 radical (unpaired) electrons. The lowest BCUT2D eigenvalue weighted by Gasteiger charge is -2.58. The molecule has 5 aliphatic carbocycles. The zero-order valence-electron chi connectivity index (χ0n) is 31.1. The second-order valence-electron chi connectivity index (χ2n) is 16.1. The molecule has 5 rings (SSSR count). The Bertz CT molecular complexity index is 1220. The molecule has 50 heavy (non-hydrogen) atoms. The Balaban J connectivity index is 0.896. The standard InChI is InChI=1S/C40H64N2O7S/c1-28(43)31-12-13-32-30-10-11-34-37(35(44)15-18-40(34,3)33(30)14-17-39(31,32)2)50-27-16-36(45)41-19-6-21-47-23-25-49-26-24-48-22-7-20-42-38(46)29-8-4-5-9-29/h29-33H,4-27H2,1-3H3,(H,41,45)(H,42,46)/t30?,31?,32?,33?,39-,40-/m1/s1. The molecule has 0 heterocycles. The molecule has 4 saturated carbocycles. The van der Waals surface area contributed by atoms with Crippen LogP contribution in [0.3, 0.4) is 0 Å². The molecule has 2 N–H and O–H groups in total. The van der Waals surface area contributed by atoms with Gasteiger partial charge in [-0.3, -0.25) is 19.2 Å². The number of ether oxygens (including phenoxy) is 3. The van der Waals surface area contributed by atoms with Crippen LogP contribution in [0.15, 0.2) is 10.5 Å². The molecular formula is C40H64N2O7S. The number of ketones is 2. The Labute approximate surface area is 304 Å². The number of thioether (sulfide) groups is 1. The number of fused-ring (bicyclic) bond motifs is 5. The first-order chi connectivity index (χ1) is 24.1. The molecule has 0 spiro atoms. The van der Waals surface area contributed by atoms with Gasteiger partial charge in [-0.05, 0) is 112 Å². The molecule has 0 aromatic heterocycles. The van der Waals surface area contributed by atoms with Crippen LogP contribution in [-0.4, -0.2) is 81.9 Å². The normalized spacial score (nSPS) is 30.9. The van der Waals surface area contributed by atoms with Crippen LogP contribution >= 0.6 is 11.8 Å². The van der Waals surface area contributed by atoms with Crippen molar-refractivity contribution in [1.82, 2.24) is 10.6 Å². The van der Waals surface area contributed by atoms with Crippen LogP contribution in [0.4, 0.5) is 0 Å². The summed E-state index contributed by atoms with van der Waals surface area (Å²) in [5.41, 5.74) is 1.58. The van der Waals surface area contributed by atoms with Crippen molar-refractivity contribution in [3.63, 3.8) is 0 Å². The maximum absolute atomic E-state index is 13.2. The molecule has 282 valence electrons. The number of carbonyl (C=O) groups excluding carboxylic acids is 4. The summed E-state index contributed by atoms with van der Waals surface area (Å²) >= 11 is 1.61. The highest BCUT2D eigenvalue weighted by Crippen LogP contribution is 2.67. The molecule has 5 aliphatic rings. The topological polar surface area (TPSA) is 120 Å². The molecule has 4 unspecified atom stereocenters. The van der Waals surface area contributed by atoms with Crippen molar-refractivity contribution < 1.29 is 33.4 Å². The lowest BCUT2D eigenvalue weighted by Crippen LogP contribution is -2.51. The number of allylic oxidation sites excluding steroid dienone is 1. The Kier molecular flexibility index (Phi) is 14.9. The van der Waals surface area contributed by atoms with Crippen LogP contribution < -0.4 is 10.6 Å². The SMILES string of the molecule is CC(=O)C1CCC2C3CCC4=C(SCCC(=O)NCCCOCCOCCOCCCNC(=O)C5CCCC5)C(=O)CC[C@]4(C)C3CC[C@]12C. The molecule has 2 amide bonds. The summed E-state index contributed by atoms with van der Waals surface area (Å²) in [6.07, 6.45) is 14.5. The minimum Gasteiger partial charge on any atom is -0.379 e. The summed E-state index contributed by atoms with van der Waals surface area (Å²) in [6.45, 7) is 11.0. The molecule has 6 atom stereocenters. The first kappa shape index (κ1) is 39.5. The van der Waals surface area contributed by atoms with Crippen molar-refractivity contribution in [3.8, 4) is 0 Å². The van der Waals surface area contributed by atoms with Gasteiger partial charge in [0.15, 0.2) is 5.78 Å². The quantitative estimate of drug-likeness (QED) is 0.139. The highest BCUT2D eigenvalue weighted by Gasteiger charge is 2.60. The maximum atomic E-state index is 13.2. The summed E-state index contributed by atoms with van der Waals surface area (Å²) in [4.78, 5) is 51.2. The summed E-state index contributed by atoms with van der Waals surface area (Å²) < 4.78 is 16.8. The highest BCUT2D eigenvalue weighted by molar-refractivity contribution is 8.04. The van der Waals surface area contributed by atoms with Gasteiger partial charge >= 0.3 is 0 Å². The average Bonchev–Trinajstić information content (AvgIpc) is 3.76. The van der Waals surface area contributed by atoms with Gasteiger partial charge in [0.2, 0.25) is 11.8 Å². The summed E-state index contributed by atoms with van der Waals surface area (Å²) in [5.74, 6) is 3.78. The van der Waals surface area contributed by atoms with Crippen LogP contribution in [0.1, 0.15) is 117 Å². The summed E-state index contributed by atoms with van der Waals surface area (Å²) in [7, 11) is 0. The molecule has 0 aromatic rings. The van der Waals surface area contributed by atoms with E-state index >= 15 is 0 Å². The van der Waals surface area contributed by atoms with E-state index in [4.69, 9.17) is 14.2 Å². The Morgan fingerprint density at radius 2 is 1.44 bits per heavy atom. The number of carbonyl (C=O) groups is 4. The van der Waals surface area contributed by atoms with Gasteiger partial charge in [0.1, 0.15) is 5.78 Å². The van der Waals surface area contributed by atoms with E-state index in [0.29, 0.717) is 94.9 Å². The molecular weight excluding hydrogens is 653 g/mol. The van der Waals surface area contributed by atoms with E-state index in [0.717, 1.165) is 69.1 Å². The second-order valence-corrected chi connectivity index (χ2v) is 17.2. The van der Waals surface area contributed by atoms with Gasteiger partial charge in [-0.25, -0.2) is 0 Å². The van der Waals surface area contributed by atoms with Gasteiger partial charge in [0.25, 0.3) is 0 Å². The predicted octanol–water partition coefficient (Wildman–Crippen LogP) is 6.43. The Morgan fingerprint density at radius 3 is 2.12 bits per heavy atom. The molecule has 10 heteroatoms. The maximum Gasteiger partial charge on any atom is 0.223 e. The Hall–Kier alpha value is -1.75. The lowest BCUT2D eigenvalue weighted by molar-refractivity contribution is -0.128. The average molecular weight is 717 g/mol. The minimum absolute atomic E-state index is 0.0187. The first-order valence-electron chi connectivity index (χ1n) is 19.8. The van der Waals surface area contributed by atoms with Crippen molar-refractivity contribution in [2.45, 2.75) is 117 Å². The van der Waals surface area contributed by atoms with Gasteiger partial charge < -0.3 is 24.8 Å². The van der Waals surface area contributed by atoms with Crippen LogP contribution in [-0.2, 0) is 33.4 Å². The fourth-order valence-corrected chi connectivity index (χ4v) is 11.8. The van der Waals surface area contributed by atoms with Gasteiger partial charge in [-0.15, -0.1) is 11.8 Å². The molecule has 0 aliphatic heterocycles. The van der Waals surface area contributed by atoms with Gasteiger partial charge in [-0.1, -0.05) is 26.7 Å². The number of rotatable bonds is 20. The third-order valence-corrected chi connectivity index (χ3v) is 14.3. The highest BCUT2D eigenvalue weighted by atomic mass is 32.2. The third-order valence-electron chi connectivity index (χ3n) is 13.2. The van der Waals surface area contributed by atoms with E-state index in [2.05, 4.69) is 24.5 Å². The number of hydrogen-bond acceptors (Lipinski definition) is 8. The first-order valence-corrected chi connectivity index (χ1v) is 20.8. The fraction of sp³-hybridized carbons (Fsp3) is 0.850. The van der Waals surface area contributed by atoms with Gasteiger partial charge in [-0.2, -0.15) is 0 Å². The fourth-order valence-electron chi connectivity index (χ4n) is 10.5. The van der Waals surface area contributed by atoms with Crippen LogP contribution in [0.25, 0.3) is 0 Å². The molecule has 9 nitrogen and oxygen atoms in total. The Morgan fingerprint density at radius 1 is 0.780 bits per heavy atom. The number of hydrogen-bond donors (Lipinski definition) is 2. The van der Waals surface area contributed by atoms with Gasteiger partial charge in [0, 0.05) is 56.7 Å². The van der Waals surface area contributed by atoms with Gasteiger partial charge in [0.05, 0.1) is 31.3 Å². The van der Waals surface area contributed by atoms with Crippen molar-refractivity contribution in [3.05, 3.63) is 10.5 Å². The molecule has 0 bridgehead atoms. The number of amides is 2. The largest absolute Gasteiger partial charge is 0.379 e. The van der Waals surface area contributed by atoms with Crippen molar-refractivity contribution in [2.75, 3.05) is 58.5 Å². The zero-order chi connectivity index (χ0) is 35.6.